The lowest BCUT2D eigenvalue weighted by Crippen LogP contribution is -2.44. The third-order valence-electron chi connectivity index (χ3n) is 3.10. The molecule has 94 valence electrons. The number of rotatable bonds is 1. The average Bonchev–Trinajstić information content (AvgIpc) is 2.62. The number of piperidine rings is 1. The average molecular weight is 252 g/mol. The van der Waals surface area contributed by atoms with E-state index in [-0.39, 0.29) is 0 Å². The molecule has 0 radical (unpaired) electrons. The van der Waals surface area contributed by atoms with E-state index in [0.29, 0.717) is 11.8 Å². The van der Waals surface area contributed by atoms with Crippen LogP contribution in [0.3, 0.4) is 0 Å². The van der Waals surface area contributed by atoms with Crippen LogP contribution < -0.4 is 5.32 Å². The molecule has 0 amide bonds. The van der Waals surface area contributed by atoms with Gasteiger partial charge in [-0.15, -0.1) is 0 Å². The van der Waals surface area contributed by atoms with Gasteiger partial charge in [-0.1, -0.05) is 13.8 Å². The second kappa shape index (κ2) is 5.04. The number of nitrogens with zero attached hydrogens (tertiary/aromatic N) is 3. The van der Waals surface area contributed by atoms with E-state index >= 15 is 0 Å². The maximum absolute atomic E-state index is 5.44. The predicted octanol–water partition coefficient (Wildman–Crippen LogP) is 2.09. The molecule has 0 aromatic carbocycles. The number of likely N-dealkylation sites (tertiary alicyclic amines) is 1. The van der Waals surface area contributed by atoms with Crippen molar-refractivity contribution in [2.75, 3.05) is 18.4 Å². The van der Waals surface area contributed by atoms with Crippen LogP contribution in [-0.4, -0.2) is 32.9 Å². The molecule has 0 bridgehead atoms. The van der Waals surface area contributed by atoms with E-state index < -0.39 is 0 Å². The number of anilines is 1. The van der Waals surface area contributed by atoms with Gasteiger partial charge in [-0.25, -0.2) is 0 Å². The van der Waals surface area contributed by atoms with E-state index in [1.54, 1.807) is 4.68 Å². The van der Waals surface area contributed by atoms with E-state index in [2.05, 4.69) is 29.2 Å². The van der Waals surface area contributed by atoms with Crippen molar-refractivity contribution >= 4 is 23.1 Å². The van der Waals surface area contributed by atoms with Crippen LogP contribution in [0.15, 0.2) is 12.3 Å². The van der Waals surface area contributed by atoms with Crippen LogP contribution in [0.25, 0.3) is 0 Å². The Bertz CT molecular complexity index is 391. The minimum atomic E-state index is 0.710. The summed E-state index contributed by atoms with van der Waals surface area (Å²) in [6, 6.07) is 1.93. The van der Waals surface area contributed by atoms with Crippen LogP contribution in [0.5, 0.6) is 0 Å². The molecule has 1 aromatic heterocycles. The molecule has 1 aliphatic heterocycles. The molecule has 2 rings (SSSR count). The van der Waals surface area contributed by atoms with E-state index in [9.17, 15) is 0 Å². The Morgan fingerprint density at radius 1 is 1.41 bits per heavy atom. The summed E-state index contributed by atoms with van der Waals surface area (Å²) in [7, 11) is 1.90. The van der Waals surface area contributed by atoms with Gasteiger partial charge in [0.05, 0.1) is 0 Å². The lowest BCUT2D eigenvalue weighted by Gasteiger charge is -2.36. The Kier molecular flexibility index (Phi) is 3.66. The quantitative estimate of drug-likeness (QED) is 0.776. The second-order valence-electron chi connectivity index (χ2n) is 5.16. The first-order valence-corrected chi connectivity index (χ1v) is 6.51. The highest BCUT2D eigenvalue weighted by molar-refractivity contribution is 7.80. The first kappa shape index (κ1) is 12.4. The maximum atomic E-state index is 5.44. The van der Waals surface area contributed by atoms with E-state index in [1.807, 2.05) is 19.3 Å². The van der Waals surface area contributed by atoms with Gasteiger partial charge >= 0.3 is 0 Å². The second-order valence-corrected chi connectivity index (χ2v) is 5.54. The van der Waals surface area contributed by atoms with Gasteiger partial charge in [-0.2, -0.15) is 5.10 Å². The summed E-state index contributed by atoms with van der Waals surface area (Å²) in [6.45, 7) is 6.66. The van der Waals surface area contributed by atoms with Crippen molar-refractivity contribution in [1.82, 2.24) is 14.7 Å². The number of thiocarbonyl (C=S) groups is 1. The summed E-state index contributed by atoms with van der Waals surface area (Å²) in [5, 5.41) is 8.27. The minimum absolute atomic E-state index is 0.710. The van der Waals surface area contributed by atoms with Gasteiger partial charge < -0.3 is 10.2 Å². The number of aromatic nitrogens is 2. The predicted molar refractivity (Wildman–Crippen MR) is 73.9 cm³/mol. The smallest absolute Gasteiger partial charge is 0.174 e. The molecule has 5 heteroatoms. The molecule has 1 aromatic rings. The Morgan fingerprint density at radius 2 is 2.06 bits per heavy atom. The van der Waals surface area contributed by atoms with Crippen molar-refractivity contribution < 1.29 is 0 Å². The summed E-state index contributed by atoms with van der Waals surface area (Å²) in [4.78, 5) is 2.25. The molecule has 0 aliphatic carbocycles. The molecule has 1 fully saturated rings. The lowest BCUT2D eigenvalue weighted by atomic mass is 9.92. The SMILES string of the molecule is C[C@H]1C[C@H](C)CN(C(=S)Nc2ccn(C)n2)C1. The largest absolute Gasteiger partial charge is 0.348 e. The molecule has 0 spiro atoms. The van der Waals surface area contributed by atoms with Crippen LogP contribution in [0.2, 0.25) is 0 Å². The minimum Gasteiger partial charge on any atom is -0.348 e. The molecule has 1 aliphatic rings. The van der Waals surface area contributed by atoms with Crippen LogP contribution >= 0.6 is 12.2 Å². The molecule has 0 unspecified atom stereocenters. The van der Waals surface area contributed by atoms with Gasteiger partial charge in [0.15, 0.2) is 10.9 Å². The first-order valence-electron chi connectivity index (χ1n) is 6.10. The highest BCUT2D eigenvalue weighted by atomic mass is 32.1. The monoisotopic (exact) mass is 252 g/mol. The lowest BCUT2D eigenvalue weighted by molar-refractivity contribution is 0.216. The van der Waals surface area contributed by atoms with Gasteiger partial charge in [0.2, 0.25) is 0 Å². The Balaban J connectivity index is 1.95. The van der Waals surface area contributed by atoms with Gasteiger partial charge in [0.25, 0.3) is 0 Å². The van der Waals surface area contributed by atoms with Crippen molar-refractivity contribution in [3.8, 4) is 0 Å². The van der Waals surface area contributed by atoms with E-state index in [1.165, 1.54) is 6.42 Å². The zero-order chi connectivity index (χ0) is 12.4. The molecule has 2 heterocycles. The van der Waals surface area contributed by atoms with Crippen LogP contribution in [0.4, 0.5) is 5.82 Å². The molecule has 4 nitrogen and oxygen atoms in total. The third-order valence-corrected chi connectivity index (χ3v) is 3.46. The van der Waals surface area contributed by atoms with E-state index in [0.717, 1.165) is 24.0 Å². The number of hydrogen-bond acceptors (Lipinski definition) is 2. The normalized spacial score (nSPS) is 24.8. The Morgan fingerprint density at radius 3 is 2.59 bits per heavy atom. The van der Waals surface area contributed by atoms with Crippen molar-refractivity contribution in [2.45, 2.75) is 20.3 Å². The Labute approximate surface area is 108 Å². The molecular weight excluding hydrogens is 232 g/mol. The molecular formula is C12H20N4S. The summed E-state index contributed by atoms with van der Waals surface area (Å²) in [6.07, 6.45) is 3.20. The maximum Gasteiger partial charge on any atom is 0.174 e. The zero-order valence-corrected chi connectivity index (χ0v) is 11.5. The standard InChI is InChI=1S/C12H20N4S/c1-9-6-10(2)8-16(7-9)12(17)13-11-4-5-15(3)14-11/h4-5,9-10H,6-8H2,1-3H3,(H,13,14,17)/t9-,10-/m0/s1. The fourth-order valence-electron chi connectivity index (χ4n) is 2.50. The number of hydrogen-bond donors (Lipinski definition) is 1. The summed E-state index contributed by atoms with van der Waals surface area (Å²) in [5.41, 5.74) is 0. The number of aryl methyl sites for hydroxylation is 1. The highest BCUT2D eigenvalue weighted by Gasteiger charge is 2.23. The van der Waals surface area contributed by atoms with Crippen molar-refractivity contribution in [3.63, 3.8) is 0 Å². The molecule has 1 saturated heterocycles. The molecule has 1 N–H and O–H groups in total. The molecule has 17 heavy (non-hydrogen) atoms. The molecule has 0 saturated carbocycles. The van der Waals surface area contributed by atoms with Crippen LogP contribution in [-0.2, 0) is 7.05 Å². The van der Waals surface area contributed by atoms with Crippen molar-refractivity contribution in [3.05, 3.63) is 12.3 Å². The fourth-order valence-corrected chi connectivity index (χ4v) is 2.75. The topological polar surface area (TPSA) is 33.1 Å². The van der Waals surface area contributed by atoms with Gasteiger partial charge in [-0.05, 0) is 30.5 Å². The van der Waals surface area contributed by atoms with Crippen LogP contribution in [0, 0.1) is 11.8 Å². The summed E-state index contributed by atoms with van der Waals surface area (Å²) in [5.74, 6) is 2.24. The molecule has 2 atom stereocenters. The van der Waals surface area contributed by atoms with Gasteiger partial charge in [0.1, 0.15) is 0 Å². The number of nitrogens with one attached hydrogen (secondary N) is 1. The van der Waals surface area contributed by atoms with Gasteiger partial charge in [-0.3, -0.25) is 4.68 Å². The van der Waals surface area contributed by atoms with Gasteiger partial charge in [0, 0.05) is 32.4 Å². The van der Waals surface area contributed by atoms with E-state index in [4.69, 9.17) is 12.2 Å². The highest BCUT2D eigenvalue weighted by Crippen LogP contribution is 2.21. The third kappa shape index (κ3) is 3.19. The zero-order valence-electron chi connectivity index (χ0n) is 10.7. The first-order chi connectivity index (χ1) is 8.04. The van der Waals surface area contributed by atoms with Crippen molar-refractivity contribution in [2.24, 2.45) is 18.9 Å². The Hall–Kier alpha value is -1.10. The van der Waals surface area contributed by atoms with Crippen LogP contribution in [0.1, 0.15) is 20.3 Å². The summed E-state index contributed by atoms with van der Waals surface area (Å²) < 4.78 is 1.77. The van der Waals surface area contributed by atoms with Crippen molar-refractivity contribution in [1.29, 1.82) is 0 Å². The summed E-state index contributed by atoms with van der Waals surface area (Å²) >= 11 is 5.44. The fraction of sp³-hybridized carbons (Fsp3) is 0.667.